The van der Waals surface area contributed by atoms with Crippen LogP contribution in [0.4, 0.5) is 16.3 Å². The van der Waals surface area contributed by atoms with Gasteiger partial charge in [-0.25, -0.2) is 9.78 Å². The Labute approximate surface area is 150 Å². The van der Waals surface area contributed by atoms with Crippen LogP contribution in [0.5, 0.6) is 0 Å². The van der Waals surface area contributed by atoms with E-state index in [1.165, 1.54) is 32.2 Å². The van der Waals surface area contributed by atoms with Gasteiger partial charge in [-0.3, -0.25) is 4.90 Å². The third-order valence-electron chi connectivity index (χ3n) is 5.94. The number of aryl methyl sites for hydroxylation is 1. The number of nitrogens with zero attached hydrogens (tertiary/aromatic N) is 4. The third-order valence-corrected chi connectivity index (χ3v) is 5.94. The number of hydrogen-bond acceptors (Lipinski definition) is 4. The summed E-state index contributed by atoms with van der Waals surface area (Å²) in [5.74, 6) is 1.03. The molecule has 3 fully saturated rings. The summed E-state index contributed by atoms with van der Waals surface area (Å²) in [5.41, 5.74) is 1.72. The van der Waals surface area contributed by atoms with Crippen LogP contribution in [0.1, 0.15) is 38.3 Å². The molecule has 0 saturated carbocycles. The molecule has 6 heteroatoms. The molecule has 1 N–H and O–H groups in total. The van der Waals surface area contributed by atoms with Crippen molar-refractivity contribution in [2.24, 2.45) is 0 Å². The molecule has 2 amide bonds. The molecular weight excluding hydrogens is 314 g/mol. The maximum absolute atomic E-state index is 12.8. The fraction of sp³-hybridized carbons (Fsp3) is 0.684. The van der Waals surface area contributed by atoms with Gasteiger partial charge in [-0.2, -0.15) is 0 Å². The molecule has 6 nitrogen and oxygen atoms in total. The van der Waals surface area contributed by atoms with Crippen LogP contribution in [0.3, 0.4) is 0 Å². The number of amides is 2. The summed E-state index contributed by atoms with van der Waals surface area (Å²) in [6.07, 6.45) is 4.95. The fourth-order valence-electron chi connectivity index (χ4n) is 4.46. The number of piperazine rings is 1. The first-order chi connectivity index (χ1) is 12.1. The van der Waals surface area contributed by atoms with Gasteiger partial charge in [0.05, 0.1) is 11.4 Å². The van der Waals surface area contributed by atoms with Gasteiger partial charge in [0.25, 0.3) is 0 Å². The molecule has 4 rings (SSSR count). The van der Waals surface area contributed by atoms with Crippen LogP contribution in [0.25, 0.3) is 0 Å². The predicted octanol–water partition coefficient (Wildman–Crippen LogP) is 2.69. The molecule has 3 aliphatic heterocycles. The van der Waals surface area contributed by atoms with Crippen molar-refractivity contribution in [1.82, 2.24) is 14.8 Å². The molecule has 2 unspecified atom stereocenters. The quantitative estimate of drug-likeness (QED) is 0.897. The molecule has 1 aromatic heterocycles. The van der Waals surface area contributed by atoms with E-state index in [1.807, 2.05) is 24.0 Å². The van der Waals surface area contributed by atoms with Gasteiger partial charge >= 0.3 is 6.03 Å². The summed E-state index contributed by atoms with van der Waals surface area (Å²) in [4.78, 5) is 24.4. The standard InChI is InChI=1S/C19H29N5O/c1-14-12-23-11-5-6-16(23)13-24(14)19(25)21-17-7-8-18(20-15(17)2)22-9-3-4-10-22/h7-8,14,16H,3-6,9-13H2,1-2H3,(H,21,25). The minimum absolute atomic E-state index is 0.0119. The van der Waals surface area contributed by atoms with Crippen molar-refractivity contribution in [3.05, 3.63) is 17.8 Å². The summed E-state index contributed by atoms with van der Waals surface area (Å²) < 4.78 is 0. The lowest BCUT2D eigenvalue weighted by atomic mass is 10.1. The van der Waals surface area contributed by atoms with E-state index < -0.39 is 0 Å². The van der Waals surface area contributed by atoms with Crippen molar-refractivity contribution in [3.63, 3.8) is 0 Å². The van der Waals surface area contributed by atoms with Gasteiger partial charge < -0.3 is 15.1 Å². The molecule has 25 heavy (non-hydrogen) atoms. The normalized spacial score (nSPS) is 26.8. The number of hydrogen-bond donors (Lipinski definition) is 1. The van der Waals surface area contributed by atoms with Gasteiger partial charge in [0.1, 0.15) is 5.82 Å². The summed E-state index contributed by atoms with van der Waals surface area (Å²) in [6.45, 7) is 9.31. The molecule has 3 aliphatic rings. The van der Waals surface area contributed by atoms with Gasteiger partial charge in [-0.05, 0) is 58.2 Å². The summed E-state index contributed by atoms with van der Waals surface area (Å²) in [5, 5.41) is 3.10. The van der Waals surface area contributed by atoms with Crippen LogP contribution in [0.15, 0.2) is 12.1 Å². The Morgan fingerprint density at radius 1 is 1.16 bits per heavy atom. The zero-order valence-electron chi connectivity index (χ0n) is 15.4. The first-order valence-corrected chi connectivity index (χ1v) is 9.66. The summed E-state index contributed by atoms with van der Waals surface area (Å²) >= 11 is 0. The Kier molecular flexibility index (Phi) is 4.54. The number of aromatic nitrogens is 1. The molecule has 4 heterocycles. The van der Waals surface area contributed by atoms with Gasteiger partial charge in [-0.15, -0.1) is 0 Å². The van der Waals surface area contributed by atoms with E-state index >= 15 is 0 Å². The molecule has 136 valence electrons. The fourth-order valence-corrected chi connectivity index (χ4v) is 4.46. The van der Waals surface area contributed by atoms with Crippen molar-refractivity contribution in [2.75, 3.05) is 42.9 Å². The van der Waals surface area contributed by atoms with Crippen LogP contribution >= 0.6 is 0 Å². The zero-order chi connectivity index (χ0) is 17.4. The predicted molar refractivity (Wildman–Crippen MR) is 100 cm³/mol. The highest BCUT2D eigenvalue weighted by molar-refractivity contribution is 5.90. The molecule has 0 aliphatic carbocycles. The topological polar surface area (TPSA) is 51.7 Å². The van der Waals surface area contributed by atoms with Crippen molar-refractivity contribution < 1.29 is 4.79 Å². The number of pyridine rings is 1. The lowest BCUT2D eigenvalue weighted by Crippen LogP contribution is -2.57. The van der Waals surface area contributed by atoms with Crippen molar-refractivity contribution >= 4 is 17.5 Å². The minimum atomic E-state index is 0.0119. The second-order valence-electron chi connectivity index (χ2n) is 7.72. The highest BCUT2D eigenvalue weighted by Gasteiger charge is 2.36. The number of carbonyl (C=O) groups excluding carboxylic acids is 1. The Hall–Kier alpha value is -1.82. The van der Waals surface area contributed by atoms with E-state index in [4.69, 9.17) is 4.98 Å². The van der Waals surface area contributed by atoms with Crippen LogP contribution in [-0.2, 0) is 0 Å². The van der Waals surface area contributed by atoms with E-state index in [-0.39, 0.29) is 12.1 Å². The highest BCUT2D eigenvalue weighted by Crippen LogP contribution is 2.26. The van der Waals surface area contributed by atoms with Gasteiger partial charge in [-0.1, -0.05) is 0 Å². The first-order valence-electron chi connectivity index (χ1n) is 9.66. The van der Waals surface area contributed by atoms with E-state index in [0.29, 0.717) is 6.04 Å². The van der Waals surface area contributed by atoms with Crippen molar-refractivity contribution in [3.8, 4) is 0 Å². The maximum atomic E-state index is 12.8. The third kappa shape index (κ3) is 3.32. The largest absolute Gasteiger partial charge is 0.357 e. The molecule has 2 atom stereocenters. The Bertz CT molecular complexity index is 643. The average Bonchev–Trinajstić information content (AvgIpc) is 3.26. The Morgan fingerprint density at radius 3 is 2.72 bits per heavy atom. The number of carbonyl (C=O) groups is 1. The van der Waals surface area contributed by atoms with E-state index in [2.05, 4.69) is 22.0 Å². The average molecular weight is 343 g/mol. The second-order valence-corrected chi connectivity index (χ2v) is 7.72. The smallest absolute Gasteiger partial charge is 0.322 e. The molecule has 0 radical (unpaired) electrons. The molecule has 0 bridgehead atoms. The van der Waals surface area contributed by atoms with E-state index in [0.717, 1.165) is 43.4 Å². The van der Waals surface area contributed by atoms with Gasteiger partial charge in [0.2, 0.25) is 0 Å². The first kappa shape index (κ1) is 16.6. The van der Waals surface area contributed by atoms with Crippen LogP contribution in [-0.4, -0.2) is 65.6 Å². The SMILES string of the molecule is Cc1nc(N2CCCC2)ccc1NC(=O)N1CC2CCCN2CC1C. The van der Waals surface area contributed by atoms with Gasteiger partial charge in [0.15, 0.2) is 0 Å². The molecule has 0 spiro atoms. The maximum Gasteiger partial charge on any atom is 0.322 e. The second kappa shape index (κ2) is 6.83. The summed E-state index contributed by atoms with van der Waals surface area (Å²) in [7, 11) is 0. The monoisotopic (exact) mass is 343 g/mol. The van der Waals surface area contributed by atoms with Crippen LogP contribution < -0.4 is 10.2 Å². The number of fused-ring (bicyclic) bond motifs is 1. The number of anilines is 2. The van der Waals surface area contributed by atoms with Crippen LogP contribution in [0, 0.1) is 6.92 Å². The number of rotatable bonds is 2. The molecule has 1 aromatic rings. The minimum Gasteiger partial charge on any atom is -0.357 e. The number of nitrogens with one attached hydrogen (secondary N) is 1. The number of urea groups is 1. The van der Waals surface area contributed by atoms with Crippen molar-refractivity contribution in [2.45, 2.75) is 51.6 Å². The van der Waals surface area contributed by atoms with Crippen LogP contribution in [0.2, 0.25) is 0 Å². The van der Waals surface area contributed by atoms with Crippen molar-refractivity contribution in [1.29, 1.82) is 0 Å². The Balaban J connectivity index is 1.43. The summed E-state index contributed by atoms with van der Waals surface area (Å²) in [6, 6.07) is 4.85. The van der Waals surface area contributed by atoms with E-state index in [9.17, 15) is 4.79 Å². The highest BCUT2D eigenvalue weighted by atomic mass is 16.2. The van der Waals surface area contributed by atoms with E-state index in [1.54, 1.807) is 0 Å². The van der Waals surface area contributed by atoms with Gasteiger partial charge in [0, 0.05) is 38.3 Å². The lowest BCUT2D eigenvalue weighted by Gasteiger charge is -2.42. The zero-order valence-corrected chi connectivity index (χ0v) is 15.4. The molecule has 0 aromatic carbocycles. The lowest BCUT2D eigenvalue weighted by molar-refractivity contribution is 0.0861. The molecule has 3 saturated heterocycles. The molecular formula is C19H29N5O. The Morgan fingerprint density at radius 2 is 1.96 bits per heavy atom.